The molecule has 7 nitrogen and oxygen atoms in total. The smallest absolute Gasteiger partial charge is 0.285 e. The van der Waals surface area contributed by atoms with Gasteiger partial charge in [-0.3, -0.25) is 19.6 Å². The molecule has 7 heteroatoms. The van der Waals surface area contributed by atoms with E-state index in [-0.39, 0.29) is 17.3 Å². The maximum atomic E-state index is 12.6. The van der Waals surface area contributed by atoms with E-state index in [0.29, 0.717) is 5.56 Å². The minimum absolute atomic E-state index is 0.103. The van der Waals surface area contributed by atoms with Crippen LogP contribution in [0.1, 0.15) is 46.1 Å². The zero-order valence-electron chi connectivity index (χ0n) is 13.1. The molecule has 1 N–H and O–H groups in total. The third-order valence-electron chi connectivity index (χ3n) is 4.35. The van der Waals surface area contributed by atoms with E-state index < -0.39 is 10.8 Å². The predicted octanol–water partition coefficient (Wildman–Crippen LogP) is 2.44. The van der Waals surface area contributed by atoms with Gasteiger partial charge in [-0.1, -0.05) is 12.1 Å². The number of carbonyl (C=O) groups is 1. The Balaban J connectivity index is 1.89. The number of fused-ring (bicyclic) bond motifs is 1. The molecule has 1 aliphatic carbocycles. The Labute approximate surface area is 133 Å². The van der Waals surface area contributed by atoms with Crippen LogP contribution in [-0.2, 0) is 13.5 Å². The van der Waals surface area contributed by atoms with Crippen molar-refractivity contribution in [1.29, 1.82) is 0 Å². The number of hydrogen-bond donors (Lipinski definition) is 1. The molecule has 2 aromatic rings. The second kappa shape index (κ2) is 5.83. The summed E-state index contributed by atoms with van der Waals surface area (Å²) in [5.41, 5.74) is 2.56. The van der Waals surface area contributed by atoms with Gasteiger partial charge in [0.25, 0.3) is 11.6 Å². The molecule has 1 heterocycles. The molecule has 1 aromatic carbocycles. The average Bonchev–Trinajstić information content (AvgIpc) is 2.89. The summed E-state index contributed by atoms with van der Waals surface area (Å²) in [6.07, 6.45) is 4.46. The lowest BCUT2D eigenvalue weighted by Gasteiger charge is -2.23. The van der Waals surface area contributed by atoms with Crippen molar-refractivity contribution in [2.75, 3.05) is 0 Å². The van der Waals surface area contributed by atoms with E-state index in [9.17, 15) is 14.9 Å². The number of benzene rings is 1. The number of hydrogen-bond acceptors (Lipinski definition) is 4. The summed E-state index contributed by atoms with van der Waals surface area (Å²) in [6.45, 7) is 1.63. The highest BCUT2D eigenvalue weighted by Crippen LogP contribution is 2.30. The molecule has 1 aliphatic rings. The summed E-state index contributed by atoms with van der Waals surface area (Å²) < 4.78 is 1.82. The van der Waals surface area contributed by atoms with Crippen LogP contribution >= 0.6 is 0 Å². The van der Waals surface area contributed by atoms with Crippen LogP contribution in [0.3, 0.4) is 0 Å². The van der Waals surface area contributed by atoms with Gasteiger partial charge in [-0.15, -0.1) is 0 Å². The number of carbonyl (C=O) groups excluding carboxylic acids is 1. The SMILES string of the molecule is Cc1cccc(C(=O)N[C@H]2CCCc3c2cnn3C)c1[N+](=O)[O-]. The molecule has 1 amide bonds. The summed E-state index contributed by atoms with van der Waals surface area (Å²) in [5, 5.41) is 18.4. The van der Waals surface area contributed by atoms with Gasteiger partial charge in [0, 0.05) is 23.9 Å². The fourth-order valence-corrected chi connectivity index (χ4v) is 3.18. The van der Waals surface area contributed by atoms with Gasteiger partial charge in [-0.25, -0.2) is 0 Å². The number of para-hydroxylation sites is 1. The Morgan fingerprint density at radius 1 is 1.48 bits per heavy atom. The number of amides is 1. The van der Waals surface area contributed by atoms with Crippen molar-refractivity contribution in [2.24, 2.45) is 7.05 Å². The van der Waals surface area contributed by atoms with E-state index in [1.165, 1.54) is 6.07 Å². The first-order chi connectivity index (χ1) is 11.0. The number of aryl methyl sites for hydroxylation is 2. The largest absolute Gasteiger partial charge is 0.345 e. The van der Waals surface area contributed by atoms with Gasteiger partial charge in [0.2, 0.25) is 0 Å². The Morgan fingerprint density at radius 2 is 2.26 bits per heavy atom. The van der Waals surface area contributed by atoms with Crippen molar-refractivity contribution >= 4 is 11.6 Å². The van der Waals surface area contributed by atoms with Crippen molar-refractivity contribution in [3.05, 3.63) is 56.9 Å². The highest BCUT2D eigenvalue weighted by molar-refractivity contribution is 5.98. The van der Waals surface area contributed by atoms with Crippen molar-refractivity contribution in [3.8, 4) is 0 Å². The topological polar surface area (TPSA) is 90.1 Å². The molecule has 0 fully saturated rings. The normalized spacial score (nSPS) is 16.7. The van der Waals surface area contributed by atoms with Crippen LogP contribution in [0.4, 0.5) is 5.69 Å². The number of nitrogens with zero attached hydrogens (tertiary/aromatic N) is 3. The van der Waals surface area contributed by atoms with Gasteiger partial charge in [0.05, 0.1) is 17.2 Å². The third kappa shape index (κ3) is 2.69. The summed E-state index contributed by atoms with van der Waals surface area (Å²) in [4.78, 5) is 23.3. The first-order valence-corrected chi connectivity index (χ1v) is 7.54. The summed E-state index contributed by atoms with van der Waals surface area (Å²) in [5.74, 6) is -0.415. The summed E-state index contributed by atoms with van der Waals surface area (Å²) >= 11 is 0. The molecular weight excluding hydrogens is 296 g/mol. The van der Waals surface area contributed by atoms with Gasteiger partial charge in [-0.2, -0.15) is 5.10 Å². The van der Waals surface area contributed by atoms with Gasteiger partial charge in [0.1, 0.15) is 5.56 Å². The molecule has 120 valence electrons. The molecule has 23 heavy (non-hydrogen) atoms. The average molecular weight is 314 g/mol. The van der Waals surface area contributed by atoms with E-state index in [1.807, 2.05) is 11.7 Å². The second-order valence-corrected chi connectivity index (χ2v) is 5.82. The fourth-order valence-electron chi connectivity index (χ4n) is 3.18. The lowest BCUT2D eigenvalue weighted by atomic mass is 9.92. The summed E-state index contributed by atoms with van der Waals surface area (Å²) in [7, 11) is 1.88. The molecule has 0 unspecified atom stereocenters. The van der Waals surface area contributed by atoms with E-state index in [2.05, 4.69) is 10.4 Å². The van der Waals surface area contributed by atoms with Crippen molar-refractivity contribution < 1.29 is 9.72 Å². The van der Waals surface area contributed by atoms with Crippen molar-refractivity contribution in [2.45, 2.75) is 32.2 Å². The molecule has 0 aliphatic heterocycles. The zero-order valence-corrected chi connectivity index (χ0v) is 13.1. The molecular formula is C16H18N4O3. The van der Waals surface area contributed by atoms with Crippen LogP contribution in [-0.4, -0.2) is 20.6 Å². The lowest BCUT2D eigenvalue weighted by molar-refractivity contribution is -0.385. The molecule has 1 atom stereocenters. The Kier molecular flexibility index (Phi) is 3.85. The summed E-state index contributed by atoms with van der Waals surface area (Å²) in [6, 6.07) is 4.63. The van der Waals surface area contributed by atoms with Gasteiger partial charge < -0.3 is 5.32 Å². The standard InChI is InChI=1S/C16H18N4O3/c1-10-5-3-6-11(15(10)20(22)23)16(21)18-13-7-4-8-14-12(13)9-17-19(14)2/h3,5-6,9,13H,4,7-8H2,1-2H3,(H,18,21)/t13-/m0/s1. The zero-order chi connectivity index (χ0) is 16.6. The predicted molar refractivity (Wildman–Crippen MR) is 84.2 cm³/mol. The van der Waals surface area contributed by atoms with Crippen LogP contribution < -0.4 is 5.32 Å². The molecule has 0 saturated heterocycles. The van der Waals surface area contributed by atoms with E-state index in [0.717, 1.165) is 30.5 Å². The Bertz CT molecular complexity index is 782. The van der Waals surface area contributed by atoms with Crippen LogP contribution in [0.25, 0.3) is 0 Å². The maximum absolute atomic E-state index is 12.6. The van der Waals surface area contributed by atoms with Gasteiger partial charge in [0.15, 0.2) is 0 Å². The molecule has 3 rings (SSSR count). The van der Waals surface area contributed by atoms with Crippen LogP contribution in [0, 0.1) is 17.0 Å². The Hall–Kier alpha value is -2.70. The second-order valence-electron chi connectivity index (χ2n) is 5.82. The number of nitro benzene ring substituents is 1. The number of nitro groups is 1. The van der Waals surface area contributed by atoms with Crippen LogP contribution in [0.5, 0.6) is 0 Å². The number of rotatable bonds is 3. The monoisotopic (exact) mass is 314 g/mol. The van der Waals surface area contributed by atoms with Crippen LogP contribution in [0.2, 0.25) is 0 Å². The van der Waals surface area contributed by atoms with Crippen molar-refractivity contribution in [3.63, 3.8) is 0 Å². The Morgan fingerprint density at radius 3 is 3.00 bits per heavy atom. The quantitative estimate of drug-likeness (QED) is 0.696. The lowest BCUT2D eigenvalue weighted by Crippen LogP contribution is -2.31. The molecule has 0 spiro atoms. The molecule has 0 saturated carbocycles. The molecule has 1 aromatic heterocycles. The minimum Gasteiger partial charge on any atom is -0.345 e. The molecule has 0 bridgehead atoms. The fraction of sp³-hybridized carbons (Fsp3) is 0.375. The first kappa shape index (κ1) is 15.2. The highest BCUT2D eigenvalue weighted by atomic mass is 16.6. The molecule has 0 radical (unpaired) electrons. The van der Waals surface area contributed by atoms with Crippen LogP contribution in [0.15, 0.2) is 24.4 Å². The van der Waals surface area contributed by atoms with E-state index in [4.69, 9.17) is 0 Å². The van der Waals surface area contributed by atoms with Gasteiger partial charge >= 0.3 is 0 Å². The van der Waals surface area contributed by atoms with Crippen molar-refractivity contribution in [1.82, 2.24) is 15.1 Å². The van der Waals surface area contributed by atoms with Gasteiger partial charge in [-0.05, 0) is 32.3 Å². The number of aromatic nitrogens is 2. The minimum atomic E-state index is -0.499. The third-order valence-corrected chi connectivity index (χ3v) is 4.35. The number of nitrogens with one attached hydrogen (secondary N) is 1. The first-order valence-electron chi connectivity index (χ1n) is 7.54. The highest BCUT2D eigenvalue weighted by Gasteiger charge is 2.28. The van der Waals surface area contributed by atoms with E-state index in [1.54, 1.807) is 25.3 Å². The maximum Gasteiger partial charge on any atom is 0.285 e. The van der Waals surface area contributed by atoms with E-state index >= 15 is 0 Å².